The highest BCUT2D eigenvalue weighted by Gasteiger charge is 2.47. The second-order valence-electron chi connectivity index (χ2n) is 9.03. The molecule has 2 aliphatic rings. The third-order valence-corrected chi connectivity index (χ3v) is 5.98. The molecule has 1 amide bonds. The molecule has 0 radical (unpaired) electrons. The van der Waals surface area contributed by atoms with Gasteiger partial charge in [-0.05, 0) is 17.2 Å². The maximum absolute atomic E-state index is 14.1. The van der Waals surface area contributed by atoms with Crippen LogP contribution < -0.4 is 5.32 Å². The van der Waals surface area contributed by atoms with Crippen molar-refractivity contribution in [1.82, 2.24) is 10.2 Å². The Bertz CT molecular complexity index is 906. The molecule has 5 heteroatoms. The number of nitrogens with zero attached hydrogens (tertiary/aromatic N) is 1. The molecule has 2 aromatic carbocycles. The number of likely N-dealkylation sites (tertiary alicyclic amines) is 1. The Morgan fingerprint density at radius 3 is 2.50 bits per heavy atom. The third-order valence-electron chi connectivity index (χ3n) is 5.98. The van der Waals surface area contributed by atoms with Crippen molar-refractivity contribution in [2.45, 2.75) is 39.3 Å². The highest BCUT2D eigenvalue weighted by molar-refractivity contribution is 5.82. The minimum Gasteiger partial charge on any atom is -0.348 e. The molecule has 1 aliphatic carbocycles. The average molecular weight is 384 g/mol. The zero-order valence-electron chi connectivity index (χ0n) is 16.5. The number of hydrogen-bond donors (Lipinski definition) is 1. The molecule has 0 unspecified atom stereocenters. The number of fused-ring (bicyclic) bond motifs is 3. The summed E-state index contributed by atoms with van der Waals surface area (Å²) in [6.07, 6.45) is 0. The maximum atomic E-state index is 14.1. The highest BCUT2D eigenvalue weighted by atomic mass is 19.1. The molecule has 0 aromatic heterocycles. The summed E-state index contributed by atoms with van der Waals surface area (Å²) in [6.45, 7) is 7.77. The van der Waals surface area contributed by atoms with E-state index in [1.807, 2.05) is 32.9 Å². The van der Waals surface area contributed by atoms with E-state index in [0.717, 1.165) is 19.2 Å². The molecule has 3 atom stereocenters. The number of hydrogen-bond acceptors (Lipinski definition) is 2. The van der Waals surface area contributed by atoms with Gasteiger partial charge in [0.1, 0.15) is 11.6 Å². The van der Waals surface area contributed by atoms with Crippen LogP contribution in [0.15, 0.2) is 42.5 Å². The molecule has 0 spiro atoms. The first-order valence-corrected chi connectivity index (χ1v) is 9.80. The van der Waals surface area contributed by atoms with Crippen molar-refractivity contribution in [3.63, 3.8) is 0 Å². The smallest absolute Gasteiger partial charge is 0.225 e. The summed E-state index contributed by atoms with van der Waals surface area (Å²) < 4.78 is 27.3. The van der Waals surface area contributed by atoms with Gasteiger partial charge in [0, 0.05) is 48.5 Å². The fraction of sp³-hybridized carbons (Fsp3) is 0.435. The summed E-state index contributed by atoms with van der Waals surface area (Å²) in [5, 5.41) is 3.26. The van der Waals surface area contributed by atoms with E-state index in [-0.39, 0.29) is 17.9 Å². The zero-order chi connectivity index (χ0) is 20.1. The zero-order valence-corrected chi connectivity index (χ0v) is 16.5. The van der Waals surface area contributed by atoms with E-state index in [1.54, 1.807) is 0 Å². The Hall–Kier alpha value is -2.27. The van der Waals surface area contributed by atoms with Crippen LogP contribution in [-0.2, 0) is 11.3 Å². The van der Waals surface area contributed by atoms with Crippen LogP contribution in [0.2, 0.25) is 0 Å². The average Bonchev–Trinajstić information content (AvgIpc) is 3.15. The Labute approximate surface area is 164 Å². The van der Waals surface area contributed by atoms with Crippen LogP contribution in [0.3, 0.4) is 0 Å². The predicted octanol–water partition coefficient (Wildman–Crippen LogP) is 4.40. The molecule has 1 heterocycles. The second-order valence-corrected chi connectivity index (χ2v) is 9.03. The van der Waals surface area contributed by atoms with Crippen LogP contribution in [0.25, 0.3) is 0 Å². The molecule has 1 fully saturated rings. The predicted molar refractivity (Wildman–Crippen MR) is 105 cm³/mol. The number of amides is 1. The highest BCUT2D eigenvalue weighted by Crippen LogP contribution is 2.49. The van der Waals surface area contributed by atoms with Gasteiger partial charge in [0.2, 0.25) is 5.91 Å². The van der Waals surface area contributed by atoms with Crippen molar-refractivity contribution in [1.29, 1.82) is 0 Å². The molecule has 148 valence electrons. The van der Waals surface area contributed by atoms with E-state index in [9.17, 15) is 13.6 Å². The van der Waals surface area contributed by atoms with Crippen molar-refractivity contribution in [2.75, 3.05) is 13.1 Å². The Morgan fingerprint density at radius 2 is 1.82 bits per heavy atom. The second kappa shape index (κ2) is 6.96. The topological polar surface area (TPSA) is 32.3 Å². The Kier molecular flexibility index (Phi) is 4.74. The molecule has 1 saturated heterocycles. The van der Waals surface area contributed by atoms with Crippen molar-refractivity contribution >= 4 is 5.91 Å². The van der Waals surface area contributed by atoms with E-state index in [2.05, 4.69) is 22.3 Å². The molecular formula is C23H26F2N2O. The summed E-state index contributed by atoms with van der Waals surface area (Å²) in [6, 6.07) is 12.0. The van der Waals surface area contributed by atoms with Gasteiger partial charge in [-0.1, -0.05) is 51.1 Å². The minimum absolute atomic E-state index is 0.0315. The lowest BCUT2D eigenvalue weighted by molar-refractivity contribution is -0.129. The van der Waals surface area contributed by atoms with Gasteiger partial charge < -0.3 is 5.32 Å². The van der Waals surface area contributed by atoms with Gasteiger partial charge >= 0.3 is 0 Å². The fourth-order valence-electron chi connectivity index (χ4n) is 4.51. The lowest BCUT2D eigenvalue weighted by atomic mass is 9.91. The van der Waals surface area contributed by atoms with E-state index in [1.165, 1.54) is 23.3 Å². The first kappa shape index (κ1) is 19.1. The summed E-state index contributed by atoms with van der Waals surface area (Å²) >= 11 is 0. The molecule has 4 rings (SSSR count). The lowest BCUT2D eigenvalue weighted by Gasteiger charge is -2.27. The number of nitrogens with one attached hydrogen (secondary N) is 1. The van der Waals surface area contributed by atoms with Gasteiger partial charge in [-0.2, -0.15) is 0 Å². The van der Waals surface area contributed by atoms with Crippen molar-refractivity contribution in [2.24, 2.45) is 11.3 Å². The Balaban J connectivity index is 1.57. The number of carbonyl (C=O) groups excluding carboxylic acids is 1. The maximum Gasteiger partial charge on any atom is 0.225 e. The molecule has 1 aliphatic heterocycles. The molecule has 3 nitrogen and oxygen atoms in total. The number of carbonyl (C=O) groups is 1. The molecule has 2 aromatic rings. The number of rotatable bonds is 3. The third kappa shape index (κ3) is 3.44. The van der Waals surface area contributed by atoms with Crippen molar-refractivity contribution < 1.29 is 13.6 Å². The van der Waals surface area contributed by atoms with Crippen LogP contribution in [0.5, 0.6) is 0 Å². The largest absolute Gasteiger partial charge is 0.348 e. The quantitative estimate of drug-likeness (QED) is 0.851. The summed E-state index contributed by atoms with van der Waals surface area (Å²) in [5.74, 6) is -0.457. The normalized spacial score (nSPS) is 24.1. The van der Waals surface area contributed by atoms with Crippen molar-refractivity contribution in [3.05, 3.63) is 70.8 Å². The van der Waals surface area contributed by atoms with Crippen LogP contribution in [0, 0.1) is 23.0 Å². The number of halogens is 2. The summed E-state index contributed by atoms with van der Waals surface area (Å²) in [4.78, 5) is 14.9. The molecule has 0 bridgehead atoms. The first-order chi connectivity index (χ1) is 13.2. The molecule has 0 saturated carbocycles. The van der Waals surface area contributed by atoms with E-state index < -0.39 is 17.0 Å². The molecular weight excluding hydrogens is 358 g/mol. The van der Waals surface area contributed by atoms with Crippen LogP contribution in [-0.4, -0.2) is 23.9 Å². The Morgan fingerprint density at radius 1 is 1.11 bits per heavy atom. The fourth-order valence-corrected chi connectivity index (χ4v) is 4.51. The standard InChI is InChI=1S/C23H26F2N2O/c1-23(2,3)22(28)26-21-17-7-5-4-6-16(17)18-12-27(13-19(18)21)11-14-8-9-15(24)10-20(14)25/h4-10,18-19,21H,11-13H2,1-3H3,(H,26,28)/t18-,19-,21+/m0/s1. The summed E-state index contributed by atoms with van der Waals surface area (Å²) in [5.41, 5.74) is 2.52. The lowest BCUT2D eigenvalue weighted by Crippen LogP contribution is -2.40. The SMILES string of the molecule is CC(C)(C)C(=O)N[C@@H]1c2ccccc2[C@@H]2CN(Cc3ccc(F)cc3F)C[C@H]12. The van der Waals surface area contributed by atoms with Gasteiger partial charge in [0.05, 0.1) is 6.04 Å². The first-order valence-electron chi connectivity index (χ1n) is 9.80. The van der Waals surface area contributed by atoms with Crippen LogP contribution in [0.4, 0.5) is 8.78 Å². The van der Waals surface area contributed by atoms with Gasteiger partial charge in [-0.3, -0.25) is 9.69 Å². The van der Waals surface area contributed by atoms with Gasteiger partial charge in [-0.15, -0.1) is 0 Å². The monoisotopic (exact) mass is 384 g/mol. The van der Waals surface area contributed by atoms with Crippen molar-refractivity contribution in [3.8, 4) is 0 Å². The van der Waals surface area contributed by atoms with Gasteiger partial charge in [0.15, 0.2) is 0 Å². The molecule has 28 heavy (non-hydrogen) atoms. The number of benzene rings is 2. The van der Waals surface area contributed by atoms with E-state index in [0.29, 0.717) is 18.0 Å². The van der Waals surface area contributed by atoms with E-state index >= 15 is 0 Å². The summed E-state index contributed by atoms with van der Waals surface area (Å²) in [7, 11) is 0. The molecule has 1 N–H and O–H groups in total. The van der Waals surface area contributed by atoms with E-state index in [4.69, 9.17) is 0 Å². The van der Waals surface area contributed by atoms with Gasteiger partial charge in [0.25, 0.3) is 0 Å². The van der Waals surface area contributed by atoms with Crippen LogP contribution >= 0.6 is 0 Å². The minimum atomic E-state index is -0.557. The van der Waals surface area contributed by atoms with Gasteiger partial charge in [-0.25, -0.2) is 8.78 Å². The van der Waals surface area contributed by atoms with Crippen LogP contribution in [0.1, 0.15) is 49.4 Å².